The number of halogens is 2. The smallest absolute Gasteiger partial charge is 0.129 e. The lowest BCUT2D eigenvalue weighted by atomic mass is 9.75. The zero-order valence-corrected chi connectivity index (χ0v) is 25.8. The maximum atomic E-state index is 15.0. The number of hydrogen-bond acceptors (Lipinski definition) is 2. The Morgan fingerprint density at radius 3 is 1.90 bits per heavy atom. The minimum atomic E-state index is -0.386. The predicted molar refractivity (Wildman–Crippen MR) is 165 cm³/mol. The van der Waals surface area contributed by atoms with E-state index in [0.717, 1.165) is 56.3 Å². The van der Waals surface area contributed by atoms with E-state index < -0.39 is 0 Å². The van der Waals surface area contributed by atoms with Crippen LogP contribution in [-0.4, -0.2) is 6.61 Å². The van der Waals surface area contributed by atoms with E-state index in [2.05, 4.69) is 38.1 Å². The molecule has 0 spiro atoms. The Morgan fingerprint density at radius 2 is 1.27 bits per heavy atom. The number of aryl methyl sites for hydroxylation is 1. The van der Waals surface area contributed by atoms with Crippen molar-refractivity contribution < 1.29 is 18.6 Å². The molecule has 0 unspecified atom stereocenters. The minimum absolute atomic E-state index is 0.0566. The summed E-state index contributed by atoms with van der Waals surface area (Å²) in [6, 6.07) is 11.9. The van der Waals surface area contributed by atoms with E-state index >= 15 is 0 Å². The molecule has 2 aromatic rings. The van der Waals surface area contributed by atoms with Crippen molar-refractivity contribution in [3.8, 4) is 0 Å². The molecule has 0 heterocycles. The molecule has 0 aliphatic heterocycles. The van der Waals surface area contributed by atoms with Crippen LogP contribution in [0.15, 0.2) is 36.4 Å². The molecule has 2 aromatic carbocycles. The number of benzene rings is 2. The van der Waals surface area contributed by atoms with Gasteiger partial charge in [-0.3, -0.25) is 0 Å². The van der Waals surface area contributed by atoms with E-state index in [1.807, 2.05) is 0 Å². The van der Waals surface area contributed by atoms with Gasteiger partial charge >= 0.3 is 0 Å². The fourth-order valence-electron chi connectivity index (χ4n) is 7.21. The molecule has 0 saturated heterocycles. The van der Waals surface area contributed by atoms with E-state index in [0.29, 0.717) is 12.2 Å². The SMILES string of the molecule is CCCCCCCOOCc1cc(F)c(C2CCC(CCCCC3CCC(c4ccc(C)cc4)CC3)CC2)cc1F. The second-order valence-corrected chi connectivity index (χ2v) is 13.1. The Labute approximate surface area is 248 Å². The fraction of sp³-hybridized carbons (Fsp3) is 0.676. The van der Waals surface area contributed by atoms with Crippen molar-refractivity contribution in [3.63, 3.8) is 0 Å². The monoisotopic (exact) mass is 568 g/mol. The first kappa shape index (κ1) is 32.1. The Bertz CT molecular complexity index is 1000. The number of unbranched alkanes of at least 4 members (excludes halogenated alkanes) is 5. The van der Waals surface area contributed by atoms with Gasteiger partial charge in [0.05, 0.1) is 6.61 Å². The van der Waals surface area contributed by atoms with Crippen molar-refractivity contribution in [2.75, 3.05) is 6.61 Å². The van der Waals surface area contributed by atoms with Gasteiger partial charge in [-0.15, -0.1) is 0 Å². The summed E-state index contributed by atoms with van der Waals surface area (Å²) in [6.45, 7) is 4.78. The molecule has 0 bridgehead atoms. The molecule has 2 saturated carbocycles. The quantitative estimate of drug-likeness (QED) is 0.114. The van der Waals surface area contributed by atoms with Crippen LogP contribution in [0.3, 0.4) is 0 Å². The molecule has 2 nitrogen and oxygen atoms in total. The molecule has 2 aliphatic carbocycles. The van der Waals surface area contributed by atoms with Gasteiger partial charge in [-0.2, -0.15) is 0 Å². The second-order valence-electron chi connectivity index (χ2n) is 13.1. The van der Waals surface area contributed by atoms with Gasteiger partial charge in [0.25, 0.3) is 0 Å². The van der Waals surface area contributed by atoms with Crippen LogP contribution in [0.2, 0.25) is 0 Å². The summed E-state index contributed by atoms with van der Waals surface area (Å²) in [5, 5.41) is 0. The van der Waals surface area contributed by atoms with Gasteiger partial charge in [-0.25, -0.2) is 18.6 Å². The summed E-state index contributed by atoms with van der Waals surface area (Å²) in [5.41, 5.74) is 3.66. The van der Waals surface area contributed by atoms with E-state index in [1.165, 1.54) is 93.9 Å². The maximum absolute atomic E-state index is 15.0. The van der Waals surface area contributed by atoms with Gasteiger partial charge in [0.15, 0.2) is 0 Å². The highest BCUT2D eigenvalue weighted by atomic mass is 19.1. The third kappa shape index (κ3) is 10.5. The van der Waals surface area contributed by atoms with Crippen molar-refractivity contribution in [3.05, 3.63) is 70.3 Å². The Morgan fingerprint density at radius 1 is 0.659 bits per heavy atom. The normalized spacial score (nSPS) is 23.1. The Hall–Kier alpha value is -1.78. The first-order valence-electron chi connectivity index (χ1n) is 16.8. The summed E-state index contributed by atoms with van der Waals surface area (Å²) in [6.07, 6.45) is 20.6. The molecular weight excluding hydrogens is 514 g/mol. The van der Waals surface area contributed by atoms with Crippen LogP contribution in [0.1, 0.15) is 150 Å². The van der Waals surface area contributed by atoms with Crippen molar-refractivity contribution in [1.82, 2.24) is 0 Å². The van der Waals surface area contributed by atoms with E-state index in [9.17, 15) is 8.78 Å². The molecule has 0 radical (unpaired) electrons. The van der Waals surface area contributed by atoms with Crippen LogP contribution in [0.5, 0.6) is 0 Å². The molecule has 0 atom stereocenters. The zero-order valence-electron chi connectivity index (χ0n) is 25.8. The molecule has 0 N–H and O–H groups in total. The van der Waals surface area contributed by atoms with Gasteiger partial charge in [0, 0.05) is 5.56 Å². The van der Waals surface area contributed by atoms with Crippen molar-refractivity contribution >= 4 is 0 Å². The van der Waals surface area contributed by atoms with Crippen LogP contribution in [0.25, 0.3) is 0 Å². The highest BCUT2D eigenvalue weighted by Crippen LogP contribution is 2.40. The van der Waals surface area contributed by atoms with Crippen molar-refractivity contribution in [2.45, 2.75) is 141 Å². The molecular formula is C37H54F2O2. The summed E-state index contributed by atoms with van der Waals surface area (Å²) >= 11 is 0. The van der Waals surface area contributed by atoms with Crippen LogP contribution in [0.4, 0.5) is 8.78 Å². The Kier molecular flexibility index (Phi) is 13.6. The number of rotatable bonds is 16. The van der Waals surface area contributed by atoms with Crippen molar-refractivity contribution in [2.24, 2.45) is 11.8 Å². The maximum Gasteiger partial charge on any atom is 0.129 e. The number of hydrogen-bond donors (Lipinski definition) is 0. The summed E-state index contributed by atoms with van der Waals surface area (Å²) in [7, 11) is 0. The summed E-state index contributed by atoms with van der Waals surface area (Å²) in [4.78, 5) is 10.3. The zero-order chi connectivity index (χ0) is 28.9. The second kappa shape index (κ2) is 17.4. The van der Waals surface area contributed by atoms with Gasteiger partial charge < -0.3 is 0 Å². The first-order chi connectivity index (χ1) is 20.0. The van der Waals surface area contributed by atoms with Gasteiger partial charge in [-0.1, -0.05) is 88.1 Å². The standard InChI is InChI=1S/C37H54F2O2/c1-3-4-5-6-9-24-40-41-27-34-25-37(39)35(26-36(34)38)33-22-16-30(17-23-33)11-8-7-10-29-14-20-32(21-15-29)31-18-12-28(2)13-19-31/h12-13,18-19,25-26,29-30,32-33H,3-11,14-17,20-24,27H2,1-2H3. The summed E-state index contributed by atoms with van der Waals surface area (Å²) < 4.78 is 29.7. The first-order valence-corrected chi connectivity index (χ1v) is 16.8. The van der Waals surface area contributed by atoms with E-state index in [1.54, 1.807) is 0 Å². The summed E-state index contributed by atoms with van der Waals surface area (Å²) in [5.74, 6) is 1.84. The third-order valence-electron chi connectivity index (χ3n) is 9.95. The van der Waals surface area contributed by atoms with Gasteiger partial charge in [0.1, 0.15) is 18.2 Å². The fourth-order valence-corrected chi connectivity index (χ4v) is 7.21. The third-order valence-corrected chi connectivity index (χ3v) is 9.95. The highest BCUT2D eigenvalue weighted by Gasteiger charge is 2.26. The average molecular weight is 569 g/mol. The van der Waals surface area contributed by atoms with Crippen LogP contribution < -0.4 is 0 Å². The molecule has 4 rings (SSSR count). The van der Waals surface area contributed by atoms with Gasteiger partial charge in [-0.05, 0) is 112 Å². The lowest BCUT2D eigenvalue weighted by Crippen LogP contribution is -2.15. The predicted octanol–water partition coefficient (Wildman–Crippen LogP) is 11.5. The largest absolute Gasteiger partial charge is 0.236 e. The van der Waals surface area contributed by atoms with Crippen molar-refractivity contribution in [1.29, 1.82) is 0 Å². The highest BCUT2D eigenvalue weighted by molar-refractivity contribution is 5.29. The molecule has 0 aromatic heterocycles. The molecule has 2 fully saturated rings. The molecule has 0 amide bonds. The molecule has 228 valence electrons. The molecule has 2 aliphatic rings. The lowest BCUT2D eigenvalue weighted by Gasteiger charge is -2.30. The van der Waals surface area contributed by atoms with E-state index in [4.69, 9.17) is 9.78 Å². The van der Waals surface area contributed by atoms with E-state index in [-0.39, 0.29) is 29.7 Å². The topological polar surface area (TPSA) is 18.5 Å². The van der Waals surface area contributed by atoms with Crippen LogP contribution in [-0.2, 0) is 16.4 Å². The molecule has 41 heavy (non-hydrogen) atoms. The Balaban J connectivity index is 1.08. The van der Waals surface area contributed by atoms with Gasteiger partial charge in [0.2, 0.25) is 0 Å². The average Bonchev–Trinajstić information content (AvgIpc) is 2.99. The van der Waals surface area contributed by atoms with Crippen LogP contribution >= 0.6 is 0 Å². The minimum Gasteiger partial charge on any atom is -0.236 e. The lowest BCUT2D eigenvalue weighted by molar-refractivity contribution is -0.304. The van der Waals surface area contributed by atoms with Crippen LogP contribution in [0, 0.1) is 30.4 Å². The molecule has 4 heteroatoms.